The van der Waals surface area contributed by atoms with Gasteiger partial charge in [-0.25, -0.2) is 4.98 Å². The molecule has 3 rings (SSSR count). The highest BCUT2D eigenvalue weighted by atomic mass is 32.1. The van der Waals surface area contributed by atoms with Crippen LogP contribution >= 0.6 is 11.3 Å². The maximum atomic E-state index is 5.63. The van der Waals surface area contributed by atoms with Crippen LogP contribution in [0.3, 0.4) is 0 Å². The van der Waals surface area contributed by atoms with Crippen molar-refractivity contribution in [3.8, 4) is 5.13 Å². The Balaban J connectivity index is 2.03. The molecule has 0 atom stereocenters. The van der Waals surface area contributed by atoms with E-state index in [1.54, 1.807) is 22.2 Å². The molecule has 2 heterocycles. The van der Waals surface area contributed by atoms with Crippen LogP contribution in [0.25, 0.3) is 5.13 Å². The molecule has 0 saturated carbocycles. The Kier molecular flexibility index (Phi) is 2.45. The van der Waals surface area contributed by atoms with Crippen molar-refractivity contribution in [3.63, 3.8) is 0 Å². The fraction of sp³-hybridized carbons (Fsp3) is 0.500. The third kappa shape index (κ3) is 1.54. The van der Waals surface area contributed by atoms with E-state index in [4.69, 9.17) is 5.73 Å². The maximum Gasteiger partial charge on any atom is 0.212 e. The minimum absolute atomic E-state index is 0.442. The number of rotatable bonds is 2. The molecular weight excluding hydrogens is 222 g/mol. The highest BCUT2D eigenvalue weighted by molar-refractivity contribution is 7.14. The molecule has 0 aliphatic heterocycles. The molecule has 0 unspecified atom stereocenters. The summed E-state index contributed by atoms with van der Waals surface area (Å²) < 4.78 is 1.75. The van der Waals surface area contributed by atoms with E-state index in [0.29, 0.717) is 6.54 Å². The molecule has 1 aliphatic rings. The third-order valence-corrected chi connectivity index (χ3v) is 3.98. The van der Waals surface area contributed by atoms with Crippen LogP contribution in [0.2, 0.25) is 0 Å². The van der Waals surface area contributed by atoms with Crippen LogP contribution in [-0.2, 0) is 19.4 Å². The second kappa shape index (κ2) is 3.95. The molecule has 16 heavy (non-hydrogen) atoms. The van der Waals surface area contributed by atoms with Crippen LogP contribution in [0.15, 0.2) is 6.20 Å². The Hall–Kier alpha value is -1.27. The van der Waals surface area contributed by atoms with Gasteiger partial charge in [-0.3, -0.25) is 0 Å². The molecule has 0 amide bonds. The van der Waals surface area contributed by atoms with Crippen LogP contribution in [0.5, 0.6) is 0 Å². The highest BCUT2D eigenvalue weighted by Gasteiger charge is 2.17. The zero-order valence-corrected chi connectivity index (χ0v) is 9.70. The number of nitrogens with two attached hydrogens (primary N) is 1. The molecule has 84 valence electrons. The molecule has 0 radical (unpaired) electrons. The normalized spacial score (nSPS) is 15.1. The first-order valence-electron chi connectivity index (χ1n) is 5.47. The van der Waals surface area contributed by atoms with E-state index in [1.165, 1.54) is 23.4 Å². The zero-order valence-electron chi connectivity index (χ0n) is 8.89. The van der Waals surface area contributed by atoms with Crippen molar-refractivity contribution < 1.29 is 0 Å². The Morgan fingerprint density at radius 2 is 2.25 bits per heavy atom. The van der Waals surface area contributed by atoms with Crippen molar-refractivity contribution >= 4 is 11.3 Å². The SMILES string of the molecule is NCc1cnnn1-c1nc2c(s1)CCCC2. The minimum atomic E-state index is 0.442. The summed E-state index contributed by atoms with van der Waals surface area (Å²) in [5.41, 5.74) is 7.78. The van der Waals surface area contributed by atoms with E-state index < -0.39 is 0 Å². The van der Waals surface area contributed by atoms with Gasteiger partial charge in [0.25, 0.3) is 0 Å². The predicted octanol–water partition coefficient (Wildman–Crippen LogP) is 1.06. The first kappa shape index (κ1) is 9.92. The van der Waals surface area contributed by atoms with Crippen LogP contribution in [0.1, 0.15) is 29.1 Å². The fourth-order valence-corrected chi connectivity index (χ4v) is 3.11. The average molecular weight is 235 g/mol. The van der Waals surface area contributed by atoms with Crippen LogP contribution in [0.4, 0.5) is 0 Å². The van der Waals surface area contributed by atoms with Gasteiger partial charge in [0.15, 0.2) is 0 Å². The Morgan fingerprint density at radius 3 is 3.06 bits per heavy atom. The lowest BCUT2D eigenvalue weighted by Crippen LogP contribution is -2.06. The van der Waals surface area contributed by atoms with Gasteiger partial charge in [0.05, 0.1) is 17.6 Å². The summed E-state index contributed by atoms with van der Waals surface area (Å²) >= 11 is 1.72. The number of hydrogen-bond donors (Lipinski definition) is 1. The molecule has 0 spiro atoms. The van der Waals surface area contributed by atoms with E-state index in [0.717, 1.165) is 23.7 Å². The number of fused-ring (bicyclic) bond motifs is 1. The van der Waals surface area contributed by atoms with Gasteiger partial charge in [-0.15, -0.1) is 5.10 Å². The van der Waals surface area contributed by atoms with Crippen molar-refractivity contribution in [2.24, 2.45) is 5.73 Å². The summed E-state index contributed by atoms with van der Waals surface area (Å²) in [6.45, 7) is 0.442. The van der Waals surface area contributed by atoms with Gasteiger partial charge in [-0.1, -0.05) is 16.6 Å². The summed E-state index contributed by atoms with van der Waals surface area (Å²) in [6.07, 6.45) is 6.46. The monoisotopic (exact) mass is 235 g/mol. The summed E-state index contributed by atoms with van der Waals surface area (Å²) in [7, 11) is 0. The number of aromatic nitrogens is 4. The second-order valence-corrected chi connectivity index (χ2v) is 4.98. The van der Waals surface area contributed by atoms with Crippen molar-refractivity contribution in [2.75, 3.05) is 0 Å². The molecule has 1 aliphatic carbocycles. The summed E-state index contributed by atoms with van der Waals surface area (Å²) in [5, 5.41) is 8.82. The van der Waals surface area contributed by atoms with E-state index >= 15 is 0 Å². The zero-order chi connectivity index (χ0) is 11.0. The predicted molar refractivity (Wildman–Crippen MR) is 61.6 cm³/mol. The summed E-state index contributed by atoms with van der Waals surface area (Å²) in [6, 6.07) is 0. The number of thiazole rings is 1. The molecule has 0 aromatic carbocycles. The first-order valence-corrected chi connectivity index (χ1v) is 6.28. The lowest BCUT2D eigenvalue weighted by Gasteiger charge is -2.06. The fourth-order valence-electron chi connectivity index (χ4n) is 1.99. The molecule has 6 heteroatoms. The number of hydrogen-bond acceptors (Lipinski definition) is 5. The molecule has 2 N–H and O–H groups in total. The molecule has 5 nitrogen and oxygen atoms in total. The topological polar surface area (TPSA) is 69.6 Å². The Labute approximate surface area is 97.3 Å². The van der Waals surface area contributed by atoms with Crippen LogP contribution in [0, 0.1) is 0 Å². The van der Waals surface area contributed by atoms with E-state index in [-0.39, 0.29) is 0 Å². The largest absolute Gasteiger partial charge is 0.325 e. The van der Waals surface area contributed by atoms with Gasteiger partial charge in [0.2, 0.25) is 5.13 Å². The number of nitrogens with zero attached hydrogens (tertiary/aromatic N) is 4. The summed E-state index contributed by atoms with van der Waals surface area (Å²) in [4.78, 5) is 6.03. The minimum Gasteiger partial charge on any atom is -0.325 e. The molecule has 2 aromatic heterocycles. The standard InChI is InChI=1S/C10H13N5S/c11-5-7-6-12-14-15(7)10-13-8-3-1-2-4-9(8)16-10/h6H,1-5,11H2. The molecule has 2 aromatic rings. The van der Waals surface area contributed by atoms with Gasteiger partial charge >= 0.3 is 0 Å². The lowest BCUT2D eigenvalue weighted by atomic mass is 10.0. The van der Waals surface area contributed by atoms with Gasteiger partial charge in [0.1, 0.15) is 0 Å². The van der Waals surface area contributed by atoms with Crippen molar-refractivity contribution in [3.05, 3.63) is 22.5 Å². The first-order chi connectivity index (χ1) is 7.88. The summed E-state index contributed by atoms with van der Waals surface area (Å²) in [5.74, 6) is 0. The number of aryl methyl sites for hydroxylation is 2. The quantitative estimate of drug-likeness (QED) is 0.845. The van der Waals surface area contributed by atoms with Crippen molar-refractivity contribution in [2.45, 2.75) is 32.2 Å². The van der Waals surface area contributed by atoms with Crippen LogP contribution in [-0.4, -0.2) is 20.0 Å². The smallest absolute Gasteiger partial charge is 0.212 e. The van der Waals surface area contributed by atoms with Gasteiger partial charge in [0, 0.05) is 11.4 Å². The van der Waals surface area contributed by atoms with Crippen molar-refractivity contribution in [1.82, 2.24) is 20.0 Å². The second-order valence-electron chi connectivity index (χ2n) is 3.91. The molecule has 0 saturated heterocycles. The van der Waals surface area contributed by atoms with Crippen LogP contribution < -0.4 is 5.73 Å². The highest BCUT2D eigenvalue weighted by Crippen LogP contribution is 2.28. The maximum absolute atomic E-state index is 5.63. The molecular formula is C10H13N5S. The Morgan fingerprint density at radius 1 is 1.38 bits per heavy atom. The third-order valence-electron chi connectivity index (χ3n) is 2.84. The molecule has 0 fully saturated rings. The van der Waals surface area contributed by atoms with Gasteiger partial charge in [-0.05, 0) is 25.7 Å². The average Bonchev–Trinajstić information content (AvgIpc) is 2.94. The van der Waals surface area contributed by atoms with Crippen molar-refractivity contribution in [1.29, 1.82) is 0 Å². The van der Waals surface area contributed by atoms with E-state index in [9.17, 15) is 0 Å². The Bertz CT molecular complexity index is 478. The van der Waals surface area contributed by atoms with E-state index in [1.807, 2.05) is 0 Å². The van der Waals surface area contributed by atoms with Gasteiger partial charge < -0.3 is 5.73 Å². The van der Waals surface area contributed by atoms with E-state index in [2.05, 4.69) is 15.3 Å². The molecule has 0 bridgehead atoms. The van der Waals surface area contributed by atoms with Gasteiger partial charge in [-0.2, -0.15) is 4.68 Å². The lowest BCUT2D eigenvalue weighted by molar-refractivity contribution is 0.677.